The largest absolute Gasteiger partial charge is 0.494 e. The molecule has 112 valence electrons. The van der Waals surface area contributed by atoms with Crippen molar-refractivity contribution in [3.05, 3.63) is 72.8 Å². The highest BCUT2D eigenvalue weighted by Gasteiger charge is 2.11. The summed E-state index contributed by atoms with van der Waals surface area (Å²) in [5, 5.41) is 2.33. The van der Waals surface area contributed by atoms with Gasteiger partial charge in [-0.3, -0.25) is 0 Å². The van der Waals surface area contributed by atoms with Gasteiger partial charge in [-0.1, -0.05) is 48.5 Å². The lowest BCUT2D eigenvalue weighted by Gasteiger charge is -2.12. The third-order valence-electron chi connectivity index (χ3n) is 4.02. The van der Waals surface area contributed by atoms with Gasteiger partial charge in [0.25, 0.3) is 0 Å². The topological polar surface area (TPSA) is 22.1 Å². The zero-order valence-corrected chi connectivity index (χ0v) is 13.0. The van der Waals surface area contributed by atoms with E-state index in [0.717, 1.165) is 22.3 Å². The lowest BCUT2D eigenvalue weighted by Crippen LogP contribution is -1.92. The fourth-order valence-electron chi connectivity index (χ4n) is 3.06. The van der Waals surface area contributed by atoms with Gasteiger partial charge in [0.2, 0.25) is 0 Å². The minimum absolute atomic E-state index is 0.668. The highest BCUT2D eigenvalue weighted by molar-refractivity contribution is 6.09. The zero-order chi connectivity index (χ0) is 15.6. The third kappa shape index (κ3) is 2.42. The number of fused-ring (bicyclic) bond motifs is 2. The van der Waals surface area contributed by atoms with E-state index in [-0.39, 0.29) is 0 Å². The van der Waals surface area contributed by atoms with E-state index < -0.39 is 0 Å². The standard InChI is InChI=1S/C21H17NO/c1-2-23-16-9-7-8-15(14-16)21-17-10-3-5-12-19(17)22-20-13-6-4-11-18(20)21/h3-14H,2H2,1H3. The highest BCUT2D eigenvalue weighted by Crippen LogP contribution is 2.35. The second-order valence-corrected chi connectivity index (χ2v) is 5.48. The Morgan fingerprint density at radius 2 is 1.43 bits per heavy atom. The molecule has 0 saturated carbocycles. The summed E-state index contributed by atoms with van der Waals surface area (Å²) in [7, 11) is 0. The maximum Gasteiger partial charge on any atom is 0.119 e. The Bertz CT molecular complexity index is 937. The van der Waals surface area contributed by atoms with Crippen LogP contribution in [0.2, 0.25) is 0 Å². The normalized spacial score (nSPS) is 11.0. The third-order valence-corrected chi connectivity index (χ3v) is 4.02. The number of hydrogen-bond acceptors (Lipinski definition) is 2. The predicted octanol–water partition coefficient (Wildman–Crippen LogP) is 5.45. The van der Waals surface area contributed by atoms with Crippen LogP contribution in [0.5, 0.6) is 5.75 Å². The second kappa shape index (κ2) is 5.73. The summed E-state index contributed by atoms with van der Waals surface area (Å²) in [6.07, 6.45) is 0. The number of rotatable bonds is 3. The van der Waals surface area contributed by atoms with Gasteiger partial charge in [-0.05, 0) is 36.8 Å². The lowest BCUT2D eigenvalue weighted by atomic mass is 9.96. The molecule has 0 spiro atoms. The summed E-state index contributed by atoms with van der Waals surface area (Å²) in [5.74, 6) is 0.898. The van der Waals surface area contributed by atoms with Crippen LogP contribution >= 0.6 is 0 Å². The first-order valence-electron chi connectivity index (χ1n) is 7.87. The quantitative estimate of drug-likeness (QED) is 0.469. The van der Waals surface area contributed by atoms with Crippen LogP contribution in [0.15, 0.2) is 72.8 Å². The average molecular weight is 299 g/mol. The zero-order valence-electron chi connectivity index (χ0n) is 13.0. The Kier molecular flexibility index (Phi) is 3.43. The van der Waals surface area contributed by atoms with E-state index in [1.54, 1.807) is 0 Å². The molecule has 0 amide bonds. The average Bonchev–Trinajstić information content (AvgIpc) is 2.60. The van der Waals surface area contributed by atoms with Gasteiger partial charge < -0.3 is 4.74 Å². The molecule has 3 aromatic carbocycles. The number of nitrogens with zero attached hydrogens (tertiary/aromatic N) is 1. The van der Waals surface area contributed by atoms with Crippen molar-refractivity contribution in [3.8, 4) is 16.9 Å². The summed E-state index contributed by atoms with van der Waals surface area (Å²) >= 11 is 0. The van der Waals surface area contributed by atoms with Crippen molar-refractivity contribution >= 4 is 21.8 Å². The van der Waals surface area contributed by atoms with Crippen molar-refractivity contribution in [1.29, 1.82) is 0 Å². The minimum Gasteiger partial charge on any atom is -0.494 e. The number of aromatic nitrogens is 1. The van der Waals surface area contributed by atoms with Gasteiger partial charge in [0.05, 0.1) is 17.6 Å². The van der Waals surface area contributed by atoms with Crippen LogP contribution in [0, 0.1) is 0 Å². The van der Waals surface area contributed by atoms with Gasteiger partial charge in [-0.2, -0.15) is 0 Å². The van der Waals surface area contributed by atoms with Crippen molar-refractivity contribution < 1.29 is 4.74 Å². The van der Waals surface area contributed by atoms with Crippen LogP contribution in [0.25, 0.3) is 32.9 Å². The Hall–Kier alpha value is -2.87. The van der Waals surface area contributed by atoms with E-state index in [0.29, 0.717) is 6.61 Å². The second-order valence-electron chi connectivity index (χ2n) is 5.48. The van der Waals surface area contributed by atoms with Crippen LogP contribution in [-0.4, -0.2) is 11.6 Å². The molecule has 2 heteroatoms. The first-order chi connectivity index (χ1) is 11.4. The van der Waals surface area contributed by atoms with Gasteiger partial charge >= 0.3 is 0 Å². The molecule has 0 bridgehead atoms. The molecule has 1 aromatic heterocycles. The van der Waals surface area contributed by atoms with Gasteiger partial charge in [-0.15, -0.1) is 0 Å². The number of hydrogen-bond donors (Lipinski definition) is 0. The molecule has 1 heterocycles. The summed E-state index contributed by atoms with van der Waals surface area (Å²) < 4.78 is 5.68. The van der Waals surface area contributed by atoms with Gasteiger partial charge in [0, 0.05) is 16.3 Å². The van der Waals surface area contributed by atoms with Crippen molar-refractivity contribution in [2.75, 3.05) is 6.61 Å². The van der Waals surface area contributed by atoms with Crippen molar-refractivity contribution in [1.82, 2.24) is 4.98 Å². The summed E-state index contributed by atoms with van der Waals surface area (Å²) in [4.78, 5) is 4.79. The molecule has 0 atom stereocenters. The molecular formula is C21H17NO. The molecule has 0 radical (unpaired) electrons. The summed E-state index contributed by atoms with van der Waals surface area (Å²) in [5.41, 5.74) is 4.41. The Morgan fingerprint density at radius 1 is 0.783 bits per heavy atom. The van der Waals surface area contributed by atoms with E-state index in [2.05, 4.69) is 48.5 Å². The van der Waals surface area contributed by atoms with Gasteiger partial charge in [-0.25, -0.2) is 4.98 Å². The van der Waals surface area contributed by atoms with Crippen molar-refractivity contribution in [2.24, 2.45) is 0 Å². The number of para-hydroxylation sites is 2. The van der Waals surface area contributed by atoms with Crippen molar-refractivity contribution in [3.63, 3.8) is 0 Å². The van der Waals surface area contributed by atoms with Gasteiger partial charge in [0.15, 0.2) is 0 Å². The van der Waals surface area contributed by atoms with E-state index in [4.69, 9.17) is 9.72 Å². The smallest absolute Gasteiger partial charge is 0.119 e. The number of benzene rings is 3. The SMILES string of the molecule is CCOc1cccc(-c2c3ccccc3nc3ccccc23)c1. The first-order valence-corrected chi connectivity index (χ1v) is 7.87. The fourth-order valence-corrected chi connectivity index (χ4v) is 3.06. The summed E-state index contributed by atoms with van der Waals surface area (Å²) in [6.45, 7) is 2.67. The minimum atomic E-state index is 0.668. The van der Waals surface area contributed by atoms with E-state index >= 15 is 0 Å². The number of ether oxygens (including phenoxy) is 1. The van der Waals surface area contributed by atoms with Crippen LogP contribution in [0.1, 0.15) is 6.92 Å². The molecular weight excluding hydrogens is 282 g/mol. The van der Waals surface area contributed by atoms with Crippen LogP contribution in [-0.2, 0) is 0 Å². The molecule has 4 aromatic rings. The molecule has 0 aliphatic rings. The maximum atomic E-state index is 5.68. The van der Waals surface area contributed by atoms with Crippen LogP contribution < -0.4 is 4.74 Å². The molecule has 0 aliphatic heterocycles. The first kappa shape index (κ1) is 13.8. The number of pyridine rings is 1. The van der Waals surface area contributed by atoms with Crippen LogP contribution in [0.4, 0.5) is 0 Å². The van der Waals surface area contributed by atoms with E-state index in [9.17, 15) is 0 Å². The molecule has 0 N–H and O–H groups in total. The van der Waals surface area contributed by atoms with E-state index in [1.165, 1.54) is 16.3 Å². The molecule has 4 rings (SSSR count). The van der Waals surface area contributed by atoms with Crippen LogP contribution in [0.3, 0.4) is 0 Å². The maximum absolute atomic E-state index is 5.68. The van der Waals surface area contributed by atoms with E-state index in [1.807, 2.05) is 31.2 Å². The lowest BCUT2D eigenvalue weighted by molar-refractivity contribution is 0.340. The molecule has 23 heavy (non-hydrogen) atoms. The molecule has 0 aliphatic carbocycles. The Labute approximate surface area is 135 Å². The highest BCUT2D eigenvalue weighted by atomic mass is 16.5. The predicted molar refractivity (Wildman–Crippen MR) is 95.9 cm³/mol. The summed E-state index contributed by atoms with van der Waals surface area (Å²) in [6, 6.07) is 24.9. The van der Waals surface area contributed by atoms with Gasteiger partial charge in [0.1, 0.15) is 5.75 Å². The Balaban J connectivity index is 2.08. The Morgan fingerprint density at radius 3 is 2.09 bits per heavy atom. The molecule has 2 nitrogen and oxygen atoms in total. The fraction of sp³-hybridized carbons (Fsp3) is 0.0952. The molecule has 0 saturated heterocycles. The molecule has 0 fully saturated rings. The van der Waals surface area contributed by atoms with Crippen molar-refractivity contribution in [2.45, 2.75) is 6.92 Å². The monoisotopic (exact) mass is 299 g/mol. The molecule has 0 unspecified atom stereocenters.